The molecule has 0 aromatic rings. The van der Waals surface area contributed by atoms with Crippen molar-refractivity contribution >= 4 is 35.5 Å². The van der Waals surface area contributed by atoms with Crippen LogP contribution in [0.4, 0.5) is 4.79 Å². The number of carbonyl (C=O) groups is 4. The number of rotatable bonds is 12. The number of fused-ring (bicyclic) bond motifs is 1. The fraction of sp³-hybridized carbons (Fsp3) is 0.700. The lowest BCUT2D eigenvalue weighted by Crippen LogP contribution is -2.36. The van der Waals surface area contributed by atoms with E-state index in [2.05, 4.69) is 16.0 Å². The molecule has 9 heteroatoms. The molecule has 0 aromatic heterocycles. The van der Waals surface area contributed by atoms with Crippen molar-refractivity contribution in [3.05, 3.63) is 12.2 Å². The van der Waals surface area contributed by atoms with Crippen LogP contribution >= 0.6 is 11.8 Å². The maximum atomic E-state index is 11.9. The molecule has 8 nitrogen and oxygen atoms in total. The van der Waals surface area contributed by atoms with Crippen molar-refractivity contribution in [1.29, 1.82) is 0 Å². The second-order valence-electron chi connectivity index (χ2n) is 7.79. The predicted octanol–water partition coefficient (Wildman–Crippen LogP) is 1.31. The molecule has 0 radical (unpaired) electrons. The molecule has 1 unspecified atom stereocenters. The molecule has 5 amide bonds. The van der Waals surface area contributed by atoms with Crippen LogP contribution in [0.1, 0.15) is 51.4 Å². The Labute approximate surface area is 175 Å². The third-order valence-corrected chi connectivity index (χ3v) is 7.12. The lowest BCUT2D eigenvalue weighted by Gasteiger charge is -2.16. The van der Waals surface area contributed by atoms with Gasteiger partial charge in [-0.25, -0.2) is 4.79 Å². The molecule has 0 bridgehead atoms. The van der Waals surface area contributed by atoms with Crippen LogP contribution in [0.3, 0.4) is 0 Å². The van der Waals surface area contributed by atoms with Gasteiger partial charge in [-0.1, -0.05) is 19.3 Å². The van der Waals surface area contributed by atoms with Crippen LogP contribution in [0.25, 0.3) is 0 Å². The second-order valence-corrected chi connectivity index (χ2v) is 9.07. The van der Waals surface area contributed by atoms with Gasteiger partial charge in [0.1, 0.15) is 0 Å². The van der Waals surface area contributed by atoms with Gasteiger partial charge in [0.25, 0.3) is 11.8 Å². The number of imide groups is 1. The highest BCUT2D eigenvalue weighted by atomic mass is 32.2. The van der Waals surface area contributed by atoms with Gasteiger partial charge < -0.3 is 16.0 Å². The van der Waals surface area contributed by atoms with E-state index in [1.807, 2.05) is 11.8 Å². The first-order valence-corrected chi connectivity index (χ1v) is 11.6. The van der Waals surface area contributed by atoms with E-state index in [-0.39, 0.29) is 35.8 Å². The van der Waals surface area contributed by atoms with Gasteiger partial charge in [0.2, 0.25) is 5.91 Å². The Kier molecular flexibility index (Phi) is 7.97. The largest absolute Gasteiger partial charge is 0.356 e. The predicted molar refractivity (Wildman–Crippen MR) is 111 cm³/mol. The molecule has 3 aliphatic heterocycles. The maximum absolute atomic E-state index is 11.9. The number of carbonyl (C=O) groups excluding carboxylic acids is 4. The average Bonchev–Trinajstić information content (AvgIpc) is 3.34. The quantitative estimate of drug-likeness (QED) is 0.250. The smallest absolute Gasteiger partial charge is 0.315 e. The molecular formula is C20H30N4O4S. The van der Waals surface area contributed by atoms with Crippen molar-refractivity contribution in [3.63, 3.8) is 0 Å². The van der Waals surface area contributed by atoms with E-state index < -0.39 is 0 Å². The minimum Gasteiger partial charge on any atom is -0.356 e. The van der Waals surface area contributed by atoms with Gasteiger partial charge in [-0.2, -0.15) is 11.8 Å². The van der Waals surface area contributed by atoms with Crippen molar-refractivity contribution in [1.82, 2.24) is 20.9 Å². The fourth-order valence-corrected chi connectivity index (χ4v) is 5.53. The van der Waals surface area contributed by atoms with E-state index >= 15 is 0 Å². The van der Waals surface area contributed by atoms with Crippen LogP contribution in [0.5, 0.6) is 0 Å². The molecule has 3 aliphatic rings. The summed E-state index contributed by atoms with van der Waals surface area (Å²) in [6, 6.07) is 0.438. The molecule has 2 fully saturated rings. The van der Waals surface area contributed by atoms with Gasteiger partial charge in [-0.05, 0) is 25.7 Å². The van der Waals surface area contributed by atoms with E-state index in [0.717, 1.165) is 50.7 Å². The lowest BCUT2D eigenvalue weighted by molar-refractivity contribution is -0.136. The first kappa shape index (κ1) is 21.7. The number of thioether (sulfide) groups is 1. The molecule has 0 spiro atoms. The van der Waals surface area contributed by atoms with E-state index in [4.69, 9.17) is 0 Å². The van der Waals surface area contributed by atoms with E-state index in [0.29, 0.717) is 24.8 Å². The van der Waals surface area contributed by atoms with E-state index in [1.165, 1.54) is 17.1 Å². The Morgan fingerprint density at radius 2 is 1.79 bits per heavy atom. The zero-order valence-electron chi connectivity index (χ0n) is 16.7. The highest BCUT2D eigenvalue weighted by Crippen LogP contribution is 2.33. The van der Waals surface area contributed by atoms with Crippen LogP contribution in [0.15, 0.2) is 12.2 Å². The van der Waals surface area contributed by atoms with Gasteiger partial charge in [0, 0.05) is 42.7 Å². The number of urea groups is 1. The highest BCUT2D eigenvalue weighted by molar-refractivity contribution is 8.00. The van der Waals surface area contributed by atoms with Gasteiger partial charge in [-0.3, -0.25) is 19.3 Å². The van der Waals surface area contributed by atoms with Crippen LogP contribution in [-0.2, 0) is 14.4 Å². The fourth-order valence-electron chi connectivity index (χ4n) is 3.99. The SMILES string of the molecule is O=C(CCCCC1SC[C@@H]2NC(=O)N[C@H]12)NCCCCCCN1C(=O)C=CC1=O. The molecule has 2 saturated heterocycles. The Hall–Kier alpha value is -2.03. The third-order valence-electron chi connectivity index (χ3n) is 5.61. The summed E-state index contributed by atoms with van der Waals surface area (Å²) in [7, 11) is 0. The molecule has 0 aromatic carbocycles. The molecule has 3 rings (SSSR count). The van der Waals surface area contributed by atoms with Crippen molar-refractivity contribution in [2.75, 3.05) is 18.8 Å². The molecule has 3 atom stereocenters. The Bertz CT molecular complexity index is 651. The first-order chi connectivity index (χ1) is 14.0. The molecule has 29 heavy (non-hydrogen) atoms. The monoisotopic (exact) mass is 422 g/mol. The number of nitrogens with zero attached hydrogens (tertiary/aromatic N) is 1. The zero-order chi connectivity index (χ0) is 20.6. The summed E-state index contributed by atoms with van der Waals surface area (Å²) in [6.07, 6.45) is 9.65. The summed E-state index contributed by atoms with van der Waals surface area (Å²) in [5.74, 6) is 0.615. The van der Waals surface area contributed by atoms with E-state index in [1.54, 1.807) is 0 Å². The zero-order valence-corrected chi connectivity index (χ0v) is 17.5. The van der Waals surface area contributed by atoms with Gasteiger partial charge in [0.15, 0.2) is 0 Å². The Balaban J connectivity index is 1.14. The average molecular weight is 423 g/mol. The summed E-state index contributed by atoms with van der Waals surface area (Å²) in [6.45, 7) is 1.14. The maximum Gasteiger partial charge on any atom is 0.315 e. The lowest BCUT2D eigenvalue weighted by atomic mass is 10.0. The summed E-state index contributed by atoms with van der Waals surface area (Å²) in [5, 5.41) is 9.35. The van der Waals surface area contributed by atoms with Crippen molar-refractivity contribution < 1.29 is 19.2 Å². The summed E-state index contributed by atoms with van der Waals surface area (Å²) >= 11 is 1.91. The first-order valence-electron chi connectivity index (χ1n) is 10.5. The summed E-state index contributed by atoms with van der Waals surface area (Å²) in [4.78, 5) is 47.4. The molecular weight excluding hydrogens is 392 g/mol. The standard InChI is InChI=1S/C20H30N4O4S/c25-16(8-4-3-7-15-19-14(13-29-15)22-20(28)23-19)21-11-5-1-2-6-12-24-17(26)9-10-18(24)27/h9-10,14-15,19H,1-8,11-13H2,(H,21,25)(H2,22,23,28)/t14-,15?,19-/m0/s1. The van der Waals surface area contributed by atoms with Crippen molar-refractivity contribution in [2.24, 2.45) is 0 Å². The number of hydrogen-bond acceptors (Lipinski definition) is 5. The number of hydrogen-bond donors (Lipinski definition) is 3. The van der Waals surface area contributed by atoms with Gasteiger partial charge in [-0.15, -0.1) is 0 Å². The minimum atomic E-state index is -0.224. The highest BCUT2D eigenvalue weighted by Gasteiger charge is 2.42. The third kappa shape index (κ3) is 6.22. The summed E-state index contributed by atoms with van der Waals surface area (Å²) in [5.41, 5.74) is 0. The molecule has 3 heterocycles. The topological polar surface area (TPSA) is 108 Å². The van der Waals surface area contributed by atoms with Crippen LogP contribution in [0, 0.1) is 0 Å². The normalized spacial score (nSPS) is 25.3. The Morgan fingerprint density at radius 3 is 2.59 bits per heavy atom. The van der Waals surface area contributed by atoms with E-state index in [9.17, 15) is 19.2 Å². The molecule has 0 saturated carbocycles. The Morgan fingerprint density at radius 1 is 1.03 bits per heavy atom. The molecule has 0 aliphatic carbocycles. The second kappa shape index (κ2) is 10.7. The van der Waals surface area contributed by atoms with Gasteiger partial charge in [0.05, 0.1) is 12.1 Å². The summed E-state index contributed by atoms with van der Waals surface area (Å²) < 4.78 is 0. The number of nitrogens with one attached hydrogen (secondary N) is 3. The molecule has 3 N–H and O–H groups in total. The molecule has 160 valence electrons. The van der Waals surface area contributed by atoms with Crippen LogP contribution in [-0.4, -0.2) is 64.8 Å². The number of amides is 5. The van der Waals surface area contributed by atoms with Gasteiger partial charge >= 0.3 is 6.03 Å². The van der Waals surface area contributed by atoms with Crippen molar-refractivity contribution in [3.8, 4) is 0 Å². The minimum absolute atomic E-state index is 0.0558. The number of unbranched alkanes of at least 4 members (excludes halogenated alkanes) is 4. The van der Waals surface area contributed by atoms with Crippen molar-refractivity contribution in [2.45, 2.75) is 68.7 Å². The van der Waals surface area contributed by atoms with Crippen LogP contribution < -0.4 is 16.0 Å². The van der Waals surface area contributed by atoms with Crippen LogP contribution in [0.2, 0.25) is 0 Å².